The highest BCUT2D eigenvalue weighted by Crippen LogP contribution is 2.26. The lowest BCUT2D eigenvalue weighted by Crippen LogP contribution is -2.53. The second-order valence-electron chi connectivity index (χ2n) is 7.31. The average Bonchev–Trinajstić information content (AvgIpc) is 3.15. The highest BCUT2D eigenvalue weighted by Gasteiger charge is 2.31. The summed E-state index contributed by atoms with van der Waals surface area (Å²) in [6, 6.07) is 9.17. The zero-order valence-electron chi connectivity index (χ0n) is 15.6. The van der Waals surface area contributed by atoms with Gasteiger partial charge in [0.25, 0.3) is 0 Å². The summed E-state index contributed by atoms with van der Waals surface area (Å²) in [7, 11) is 0. The normalized spacial score (nSPS) is 18.2. The summed E-state index contributed by atoms with van der Waals surface area (Å²) >= 11 is 0. The number of phenolic OH excluding ortho intramolecular Hbond substituents is 1. The number of aryl methyl sites for hydroxylation is 1. The molecule has 0 radical (unpaired) electrons. The molecule has 1 amide bonds. The Morgan fingerprint density at radius 3 is 2.70 bits per heavy atom. The van der Waals surface area contributed by atoms with Crippen molar-refractivity contribution in [3.63, 3.8) is 0 Å². The van der Waals surface area contributed by atoms with Gasteiger partial charge in [-0.15, -0.1) is 0 Å². The molecule has 2 N–H and O–H groups in total. The van der Waals surface area contributed by atoms with Gasteiger partial charge in [0, 0.05) is 42.6 Å². The molecule has 0 unspecified atom stereocenters. The summed E-state index contributed by atoms with van der Waals surface area (Å²) in [4.78, 5) is 25.8. The summed E-state index contributed by atoms with van der Waals surface area (Å²) in [5.74, 6) is 1.58. The molecular weight excluding hydrogens is 342 g/mol. The number of aromatic nitrogens is 2. The third kappa shape index (κ3) is 3.97. The van der Waals surface area contributed by atoms with Crippen LogP contribution in [0.3, 0.4) is 0 Å². The van der Waals surface area contributed by atoms with Crippen molar-refractivity contribution in [1.29, 1.82) is 0 Å². The molecule has 27 heavy (non-hydrogen) atoms. The average molecular weight is 367 g/mol. The molecular formula is C20H25N5O2. The third-order valence-electron chi connectivity index (χ3n) is 5.29. The van der Waals surface area contributed by atoms with Crippen LogP contribution in [0.5, 0.6) is 5.75 Å². The fourth-order valence-electron chi connectivity index (χ4n) is 3.97. The highest BCUT2D eigenvalue weighted by atomic mass is 16.3. The van der Waals surface area contributed by atoms with Crippen molar-refractivity contribution in [3.8, 4) is 5.75 Å². The molecule has 0 bridgehead atoms. The summed E-state index contributed by atoms with van der Waals surface area (Å²) in [5, 5.41) is 12.7. The minimum Gasteiger partial charge on any atom is -0.508 e. The van der Waals surface area contributed by atoms with Crippen LogP contribution in [0.4, 0.5) is 17.5 Å². The Bertz CT molecular complexity index is 835. The molecule has 1 saturated carbocycles. The summed E-state index contributed by atoms with van der Waals surface area (Å²) in [6.07, 6.45) is 4.73. The van der Waals surface area contributed by atoms with Crippen LogP contribution in [-0.2, 0) is 4.79 Å². The Morgan fingerprint density at radius 2 is 1.96 bits per heavy atom. The van der Waals surface area contributed by atoms with E-state index in [-0.39, 0.29) is 11.7 Å². The monoisotopic (exact) mass is 367 g/mol. The van der Waals surface area contributed by atoms with Gasteiger partial charge in [-0.25, -0.2) is 4.98 Å². The van der Waals surface area contributed by atoms with Crippen molar-refractivity contribution < 1.29 is 9.90 Å². The van der Waals surface area contributed by atoms with Gasteiger partial charge in [0.1, 0.15) is 11.6 Å². The molecule has 1 saturated heterocycles. The number of rotatable bonds is 4. The van der Waals surface area contributed by atoms with Crippen molar-refractivity contribution in [2.75, 3.05) is 29.9 Å². The molecule has 0 spiro atoms. The second kappa shape index (κ2) is 7.42. The standard InChI is InChI=1S/C20H25N5O2/c1-14-11-18(23-20(21-14)22-15-5-4-8-17(26)12-15)24-9-10-25(19(27)13-24)16-6-2-3-7-16/h4-5,8,11-12,16,26H,2-3,6-7,9-10,13H2,1H3,(H,21,22,23). The van der Waals surface area contributed by atoms with Gasteiger partial charge in [-0.2, -0.15) is 4.98 Å². The fraction of sp³-hybridized carbons (Fsp3) is 0.450. The third-order valence-corrected chi connectivity index (χ3v) is 5.29. The first-order chi connectivity index (χ1) is 13.1. The van der Waals surface area contributed by atoms with Crippen molar-refractivity contribution >= 4 is 23.4 Å². The van der Waals surface area contributed by atoms with Crippen LogP contribution in [0.15, 0.2) is 30.3 Å². The van der Waals surface area contributed by atoms with Crippen LogP contribution in [0.2, 0.25) is 0 Å². The zero-order valence-corrected chi connectivity index (χ0v) is 15.6. The van der Waals surface area contributed by atoms with E-state index < -0.39 is 0 Å². The van der Waals surface area contributed by atoms with Crippen molar-refractivity contribution in [2.45, 2.75) is 38.6 Å². The van der Waals surface area contributed by atoms with Gasteiger partial charge in [0.2, 0.25) is 11.9 Å². The Kier molecular flexibility index (Phi) is 4.83. The molecule has 7 heteroatoms. The van der Waals surface area contributed by atoms with E-state index in [9.17, 15) is 9.90 Å². The second-order valence-corrected chi connectivity index (χ2v) is 7.31. The van der Waals surface area contributed by atoms with E-state index in [1.807, 2.05) is 24.0 Å². The van der Waals surface area contributed by atoms with E-state index in [0.29, 0.717) is 24.2 Å². The van der Waals surface area contributed by atoms with Gasteiger partial charge >= 0.3 is 0 Å². The molecule has 2 heterocycles. The molecule has 1 aliphatic heterocycles. The number of nitrogens with zero attached hydrogens (tertiary/aromatic N) is 4. The molecule has 7 nitrogen and oxygen atoms in total. The SMILES string of the molecule is Cc1cc(N2CCN(C3CCCC3)C(=O)C2)nc(Nc2cccc(O)c2)n1. The Labute approximate surface area is 159 Å². The number of piperazine rings is 1. The van der Waals surface area contributed by atoms with E-state index >= 15 is 0 Å². The number of hydrogen-bond donors (Lipinski definition) is 2. The number of aromatic hydroxyl groups is 1. The van der Waals surface area contributed by atoms with Gasteiger partial charge in [-0.05, 0) is 31.9 Å². The molecule has 1 aliphatic carbocycles. The molecule has 1 aromatic carbocycles. The number of carbonyl (C=O) groups excluding carboxylic acids is 1. The predicted molar refractivity (Wildman–Crippen MR) is 104 cm³/mol. The van der Waals surface area contributed by atoms with Crippen LogP contribution in [-0.4, -0.2) is 51.6 Å². The number of carbonyl (C=O) groups is 1. The molecule has 142 valence electrons. The van der Waals surface area contributed by atoms with Gasteiger partial charge in [0.15, 0.2) is 0 Å². The molecule has 0 atom stereocenters. The van der Waals surface area contributed by atoms with Crippen molar-refractivity contribution in [3.05, 3.63) is 36.0 Å². The van der Waals surface area contributed by atoms with E-state index in [4.69, 9.17) is 0 Å². The zero-order chi connectivity index (χ0) is 18.8. The van der Waals surface area contributed by atoms with Crippen LogP contribution in [0.1, 0.15) is 31.4 Å². The van der Waals surface area contributed by atoms with E-state index in [0.717, 1.165) is 37.4 Å². The number of phenols is 1. The van der Waals surface area contributed by atoms with Gasteiger partial charge in [0.05, 0.1) is 6.54 Å². The summed E-state index contributed by atoms with van der Waals surface area (Å²) < 4.78 is 0. The largest absolute Gasteiger partial charge is 0.508 e. The minimum atomic E-state index is 0.182. The predicted octanol–water partition coefficient (Wildman–Crippen LogP) is 2.83. The quantitative estimate of drug-likeness (QED) is 0.865. The fourth-order valence-corrected chi connectivity index (χ4v) is 3.97. The van der Waals surface area contributed by atoms with Gasteiger partial charge < -0.3 is 20.2 Å². The van der Waals surface area contributed by atoms with E-state index in [2.05, 4.69) is 20.2 Å². The van der Waals surface area contributed by atoms with Crippen LogP contribution >= 0.6 is 0 Å². The number of benzene rings is 1. The molecule has 2 aromatic rings. The highest BCUT2D eigenvalue weighted by molar-refractivity contribution is 5.83. The maximum Gasteiger partial charge on any atom is 0.242 e. The Morgan fingerprint density at radius 1 is 1.15 bits per heavy atom. The number of nitrogens with one attached hydrogen (secondary N) is 1. The first-order valence-electron chi connectivity index (χ1n) is 9.55. The smallest absolute Gasteiger partial charge is 0.242 e. The lowest BCUT2D eigenvalue weighted by atomic mass is 10.1. The number of hydrogen-bond acceptors (Lipinski definition) is 6. The first-order valence-corrected chi connectivity index (χ1v) is 9.55. The van der Waals surface area contributed by atoms with Crippen molar-refractivity contribution in [2.24, 2.45) is 0 Å². The van der Waals surface area contributed by atoms with Crippen LogP contribution < -0.4 is 10.2 Å². The maximum absolute atomic E-state index is 12.7. The lowest BCUT2D eigenvalue weighted by molar-refractivity contribution is -0.133. The summed E-state index contributed by atoms with van der Waals surface area (Å²) in [6.45, 7) is 3.81. The number of anilines is 3. The Hall–Kier alpha value is -2.83. The van der Waals surface area contributed by atoms with Crippen molar-refractivity contribution in [1.82, 2.24) is 14.9 Å². The number of amides is 1. The van der Waals surface area contributed by atoms with E-state index in [1.54, 1.807) is 18.2 Å². The maximum atomic E-state index is 12.7. The lowest BCUT2D eigenvalue weighted by Gasteiger charge is -2.38. The topological polar surface area (TPSA) is 81.6 Å². The van der Waals surface area contributed by atoms with E-state index in [1.165, 1.54) is 12.8 Å². The molecule has 2 aliphatic rings. The Balaban J connectivity index is 1.49. The summed E-state index contributed by atoms with van der Waals surface area (Å²) in [5.41, 5.74) is 1.54. The van der Waals surface area contributed by atoms with Gasteiger partial charge in [-0.1, -0.05) is 18.9 Å². The van der Waals surface area contributed by atoms with Crippen LogP contribution in [0.25, 0.3) is 0 Å². The molecule has 2 fully saturated rings. The molecule has 4 rings (SSSR count). The van der Waals surface area contributed by atoms with Gasteiger partial charge in [-0.3, -0.25) is 4.79 Å². The minimum absolute atomic E-state index is 0.182. The van der Waals surface area contributed by atoms with Crippen LogP contribution in [0, 0.1) is 6.92 Å². The first kappa shape index (κ1) is 17.6. The molecule has 1 aromatic heterocycles.